The second-order valence-corrected chi connectivity index (χ2v) is 8.88. The van der Waals surface area contributed by atoms with Crippen LogP contribution in [-0.4, -0.2) is 47.2 Å². The molecule has 12 heteroatoms. The minimum Gasteiger partial charge on any atom is -0.624 e. The average molecular weight is 538 g/mol. The molecule has 1 aliphatic heterocycles. The fourth-order valence-corrected chi connectivity index (χ4v) is 4.09. The van der Waals surface area contributed by atoms with E-state index in [2.05, 4.69) is 9.97 Å². The van der Waals surface area contributed by atoms with Crippen molar-refractivity contribution < 1.29 is 35.8 Å². The highest BCUT2D eigenvalue weighted by molar-refractivity contribution is 5.78. The first-order valence-electron chi connectivity index (χ1n) is 11.9. The van der Waals surface area contributed by atoms with Gasteiger partial charge in [0.2, 0.25) is 5.95 Å². The van der Waals surface area contributed by atoms with Crippen molar-refractivity contribution in [1.29, 1.82) is 0 Å². The first-order chi connectivity index (χ1) is 18.0. The number of halogens is 6. The van der Waals surface area contributed by atoms with Crippen LogP contribution >= 0.6 is 0 Å². The molecule has 0 unspecified atom stereocenters. The largest absolute Gasteiger partial charge is 0.624 e. The number of alkyl halides is 3. The molecule has 1 saturated heterocycles. The minimum atomic E-state index is -4.52. The third-order valence-electron chi connectivity index (χ3n) is 6.23. The van der Waals surface area contributed by atoms with E-state index < -0.39 is 34.9 Å². The van der Waals surface area contributed by atoms with Crippen LogP contribution in [-0.2, 0) is 6.18 Å². The van der Waals surface area contributed by atoms with Crippen LogP contribution in [0.5, 0.6) is 5.75 Å². The van der Waals surface area contributed by atoms with E-state index in [1.807, 2.05) is 0 Å². The summed E-state index contributed by atoms with van der Waals surface area (Å²) in [5.41, 5.74) is -0.658. The number of anilines is 1. The minimum absolute atomic E-state index is 0.0179. The lowest BCUT2D eigenvalue weighted by Crippen LogP contribution is -2.36. The predicted molar refractivity (Wildman–Crippen MR) is 129 cm³/mol. The van der Waals surface area contributed by atoms with E-state index >= 15 is 0 Å². The van der Waals surface area contributed by atoms with E-state index in [0.29, 0.717) is 36.2 Å². The monoisotopic (exact) mass is 538 g/mol. The summed E-state index contributed by atoms with van der Waals surface area (Å²) in [7, 11) is 0. The maximum absolute atomic E-state index is 14.7. The van der Waals surface area contributed by atoms with Gasteiger partial charge in [-0.2, -0.15) is 13.2 Å². The summed E-state index contributed by atoms with van der Waals surface area (Å²) in [6.07, 6.45) is -0.724. The second kappa shape index (κ2) is 11.3. The molecule has 4 rings (SSSR count). The molecule has 1 aromatic heterocycles. The molecule has 0 bridgehead atoms. The zero-order valence-electron chi connectivity index (χ0n) is 20.3. The molecule has 0 amide bonds. The Morgan fingerprint density at radius 3 is 2.21 bits per heavy atom. The molecule has 1 aliphatic rings. The van der Waals surface area contributed by atoms with Crippen LogP contribution in [0.1, 0.15) is 30.9 Å². The van der Waals surface area contributed by atoms with Crippen molar-refractivity contribution in [1.82, 2.24) is 9.97 Å². The van der Waals surface area contributed by atoms with Crippen molar-refractivity contribution in [2.45, 2.75) is 25.9 Å². The van der Waals surface area contributed by atoms with Gasteiger partial charge in [0, 0.05) is 36.6 Å². The number of aromatic nitrogens is 2. The Balaban J connectivity index is 1.37. The van der Waals surface area contributed by atoms with Crippen molar-refractivity contribution in [2.24, 2.45) is 5.92 Å². The Hall–Kier alpha value is -3.83. The molecule has 0 aliphatic carbocycles. The molecule has 6 nitrogen and oxygen atoms in total. The summed E-state index contributed by atoms with van der Waals surface area (Å²) in [5.74, 6) is -3.15. The lowest BCUT2D eigenvalue weighted by Gasteiger charge is -2.31. The van der Waals surface area contributed by atoms with Crippen LogP contribution < -0.4 is 9.64 Å². The molecule has 202 valence electrons. The maximum Gasteiger partial charge on any atom is 0.419 e. The van der Waals surface area contributed by atoms with Crippen molar-refractivity contribution in [3.8, 4) is 16.9 Å². The first-order valence-corrected chi connectivity index (χ1v) is 11.9. The van der Waals surface area contributed by atoms with Gasteiger partial charge in [-0.15, -0.1) is 0 Å². The zero-order chi connectivity index (χ0) is 27.4. The summed E-state index contributed by atoms with van der Waals surface area (Å²) in [6, 6.07) is 5.89. The average Bonchev–Trinajstić information content (AvgIpc) is 2.88. The normalized spacial score (nSPS) is 15.1. The van der Waals surface area contributed by atoms with Crippen molar-refractivity contribution >= 4 is 12.2 Å². The lowest BCUT2D eigenvalue weighted by molar-refractivity contribution is -0.447. The summed E-state index contributed by atoms with van der Waals surface area (Å²) in [5, 5.41) is 11.5. The summed E-state index contributed by atoms with van der Waals surface area (Å²) < 4.78 is 88.2. The number of rotatable bonds is 7. The number of piperidine rings is 1. The van der Waals surface area contributed by atoms with Crippen LogP contribution in [0.25, 0.3) is 11.1 Å². The van der Waals surface area contributed by atoms with Gasteiger partial charge in [-0.05, 0) is 55.5 Å². The molecule has 0 atom stereocenters. The highest BCUT2D eigenvalue weighted by Gasteiger charge is 2.32. The SMILES string of the molecule is CC/[N+]([O-])=C/c1ccc(-c2cc(F)c(OCC3CCN(c4ncc(C(F)(F)F)cn4)CC3)c(F)c2)c(F)c1. The van der Waals surface area contributed by atoms with Gasteiger partial charge in [-0.3, -0.25) is 0 Å². The van der Waals surface area contributed by atoms with E-state index in [4.69, 9.17) is 4.74 Å². The molecule has 2 aromatic carbocycles. The number of nitrogens with zero attached hydrogens (tertiary/aromatic N) is 4. The van der Waals surface area contributed by atoms with Gasteiger partial charge in [0.05, 0.1) is 12.2 Å². The predicted octanol–water partition coefficient (Wildman–Crippen LogP) is 5.82. The van der Waals surface area contributed by atoms with Gasteiger partial charge < -0.3 is 14.8 Å². The lowest BCUT2D eigenvalue weighted by atomic mass is 9.98. The number of ether oxygens (including phenoxy) is 1. The van der Waals surface area contributed by atoms with Crippen molar-refractivity contribution in [3.63, 3.8) is 0 Å². The number of hydroxylamine groups is 1. The molecule has 1 fully saturated rings. The van der Waals surface area contributed by atoms with Gasteiger partial charge in [0.1, 0.15) is 5.82 Å². The molecule has 0 N–H and O–H groups in total. The molecule has 3 aromatic rings. The Kier molecular flexibility index (Phi) is 8.08. The maximum atomic E-state index is 14.7. The van der Waals surface area contributed by atoms with E-state index in [9.17, 15) is 31.5 Å². The third-order valence-corrected chi connectivity index (χ3v) is 6.23. The fraction of sp³-hybridized carbons (Fsp3) is 0.346. The zero-order valence-corrected chi connectivity index (χ0v) is 20.3. The Bertz CT molecular complexity index is 1280. The Morgan fingerprint density at radius 1 is 1.03 bits per heavy atom. The summed E-state index contributed by atoms with van der Waals surface area (Å²) in [4.78, 5) is 9.32. The number of benzene rings is 2. The topological polar surface area (TPSA) is 64.3 Å². The van der Waals surface area contributed by atoms with Gasteiger partial charge in [-0.1, -0.05) is 6.07 Å². The number of hydrogen-bond donors (Lipinski definition) is 0. The standard InChI is InChI=1S/C26H24F6N4O2/c1-2-36(37)14-17-3-4-20(21(27)9-17)18-10-22(28)24(23(29)11-18)38-15-16-5-7-35(8-6-16)25-33-12-19(13-34-25)26(30,31)32/h3-4,9-14,16H,2,5-8,15H2,1H3/b36-14-. The Labute approximate surface area is 214 Å². The fourth-order valence-electron chi connectivity index (χ4n) is 4.09. The molecule has 2 heterocycles. The van der Waals surface area contributed by atoms with E-state index in [1.165, 1.54) is 18.3 Å². The smallest absolute Gasteiger partial charge is 0.419 e. The van der Waals surface area contributed by atoms with Gasteiger partial charge >= 0.3 is 6.18 Å². The molecule has 0 saturated carbocycles. The first kappa shape index (κ1) is 27.2. The summed E-state index contributed by atoms with van der Waals surface area (Å²) >= 11 is 0. The van der Waals surface area contributed by atoms with Crippen LogP contribution in [0.3, 0.4) is 0 Å². The quantitative estimate of drug-likeness (QED) is 0.125. The highest BCUT2D eigenvalue weighted by Crippen LogP contribution is 2.32. The molecule has 38 heavy (non-hydrogen) atoms. The van der Waals surface area contributed by atoms with Gasteiger partial charge in [-0.25, -0.2) is 27.9 Å². The van der Waals surface area contributed by atoms with Gasteiger partial charge in [0.15, 0.2) is 30.1 Å². The highest BCUT2D eigenvalue weighted by atomic mass is 19.4. The van der Waals surface area contributed by atoms with Crippen molar-refractivity contribution in [2.75, 3.05) is 31.1 Å². The van der Waals surface area contributed by atoms with Crippen LogP contribution in [0, 0.1) is 28.6 Å². The number of hydrogen-bond acceptors (Lipinski definition) is 5. The van der Waals surface area contributed by atoms with Crippen molar-refractivity contribution in [3.05, 3.63) is 76.5 Å². The van der Waals surface area contributed by atoms with Crippen LogP contribution in [0.2, 0.25) is 0 Å². The van der Waals surface area contributed by atoms with E-state index in [-0.39, 0.29) is 36.1 Å². The molecule has 0 spiro atoms. The molecular weight excluding hydrogens is 514 g/mol. The third kappa shape index (κ3) is 6.35. The molecular formula is C26H24F6N4O2. The van der Waals surface area contributed by atoms with Gasteiger partial charge in [0.25, 0.3) is 0 Å². The second-order valence-electron chi connectivity index (χ2n) is 8.88. The summed E-state index contributed by atoms with van der Waals surface area (Å²) in [6.45, 7) is 2.74. The van der Waals surface area contributed by atoms with Crippen LogP contribution in [0.15, 0.2) is 42.7 Å². The molecule has 0 radical (unpaired) electrons. The van der Waals surface area contributed by atoms with Crippen LogP contribution in [0.4, 0.5) is 32.3 Å². The van der Waals surface area contributed by atoms with E-state index in [0.717, 1.165) is 30.6 Å². The van der Waals surface area contributed by atoms with E-state index in [1.54, 1.807) is 11.8 Å². The Morgan fingerprint density at radius 2 is 1.66 bits per heavy atom.